The van der Waals surface area contributed by atoms with E-state index < -0.39 is 0 Å². The molecule has 1 atom stereocenters. The molecule has 4 aromatic rings. The van der Waals surface area contributed by atoms with E-state index in [2.05, 4.69) is 38.5 Å². The third-order valence-corrected chi connectivity index (χ3v) is 8.93. The van der Waals surface area contributed by atoms with E-state index in [1.807, 2.05) is 18.2 Å². The summed E-state index contributed by atoms with van der Waals surface area (Å²) < 4.78 is 19.1. The summed E-state index contributed by atoms with van der Waals surface area (Å²) in [6, 6.07) is 8.19. The number of aryl methyl sites for hydroxylation is 1. The summed E-state index contributed by atoms with van der Waals surface area (Å²) in [7, 11) is 0. The number of aromatic nitrogens is 4. The van der Waals surface area contributed by atoms with E-state index in [4.69, 9.17) is 19.2 Å². The van der Waals surface area contributed by atoms with E-state index in [0.29, 0.717) is 0 Å². The van der Waals surface area contributed by atoms with Crippen LogP contribution in [0.2, 0.25) is 0 Å². The second kappa shape index (κ2) is 9.69. The molecule has 1 fully saturated rings. The van der Waals surface area contributed by atoms with Gasteiger partial charge in [0.25, 0.3) is 0 Å². The Hall–Kier alpha value is -2.40. The Kier molecular flexibility index (Phi) is 6.30. The van der Waals surface area contributed by atoms with Gasteiger partial charge in [-0.1, -0.05) is 18.7 Å². The molecule has 5 heterocycles. The van der Waals surface area contributed by atoms with Gasteiger partial charge in [-0.2, -0.15) is 0 Å². The van der Waals surface area contributed by atoms with E-state index >= 15 is 0 Å². The molecule has 1 saturated heterocycles. The first-order valence-corrected chi connectivity index (χ1v) is 14.1. The van der Waals surface area contributed by atoms with Crippen LogP contribution in [0.3, 0.4) is 0 Å². The Morgan fingerprint density at radius 3 is 2.88 bits per heavy atom. The molecule has 10 heteroatoms. The van der Waals surface area contributed by atoms with Crippen LogP contribution in [0.25, 0.3) is 22.0 Å². The van der Waals surface area contributed by atoms with Crippen molar-refractivity contribution in [1.29, 1.82) is 0 Å². The lowest BCUT2D eigenvalue weighted by molar-refractivity contribution is 0.0953. The van der Waals surface area contributed by atoms with Gasteiger partial charge in [0, 0.05) is 39.1 Å². The van der Waals surface area contributed by atoms with Crippen molar-refractivity contribution >= 4 is 34.4 Å². The lowest BCUT2D eigenvalue weighted by atomic mass is 10.2. The maximum Gasteiger partial charge on any atom is 0.231 e. The minimum atomic E-state index is 0.218. The minimum Gasteiger partial charge on any atom is -0.454 e. The molecule has 7 nitrogen and oxygen atoms in total. The monoisotopic (exact) mass is 512 g/mol. The molecule has 0 amide bonds. The average Bonchev–Trinajstić information content (AvgIpc) is 3.68. The highest BCUT2D eigenvalue weighted by atomic mass is 32.2. The van der Waals surface area contributed by atoms with Gasteiger partial charge in [-0.15, -0.1) is 32.9 Å². The predicted molar refractivity (Wildman–Crippen MR) is 135 cm³/mol. The summed E-state index contributed by atoms with van der Waals surface area (Å²) in [6.45, 7) is 4.07. The molecule has 1 unspecified atom stereocenters. The van der Waals surface area contributed by atoms with Crippen LogP contribution in [0.4, 0.5) is 0 Å². The largest absolute Gasteiger partial charge is 0.454 e. The van der Waals surface area contributed by atoms with Gasteiger partial charge in [-0.25, -0.2) is 4.98 Å². The molecule has 6 rings (SSSR count). The molecule has 34 heavy (non-hydrogen) atoms. The molecular weight excluding hydrogens is 488 g/mol. The van der Waals surface area contributed by atoms with Crippen LogP contribution in [-0.2, 0) is 23.5 Å². The number of fused-ring (bicyclic) bond motifs is 1. The van der Waals surface area contributed by atoms with Crippen molar-refractivity contribution in [1.82, 2.24) is 19.7 Å². The van der Waals surface area contributed by atoms with E-state index in [0.717, 1.165) is 82.5 Å². The van der Waals surface area contributed by atoms with E-state index in [1.54, 1.807) is 34.4 Å². The van der Waals surface area contributed by atoms with Crippen molar-refractivity contribution in [2.75, 3.05) is 13.4 Å². The molecule has 0 saturated carbocycles. The molecule has 0 spiro atoms. The zero-order valence-electron chi connectivity index (χ0n) is 18.7. The Balaban J connectivity index is 1.21. The fraction of sp³-hybridized carbons (Fsp3) is 0.375. The standard InChI is InChI=1S/C24H24N4O3S3/c1-2-19-8-16(11-32-19)22-26-27-24(28(22)10-18-4-3-7-29-18)34-13-17-12-33-23(25-17)15-5-6-20-21(9-15)31-14-30-20/h5-6,8-9,11-12,18H,2-4,7,10,13-14H2,1H3. The second-order valence-electron chi connectivity index (χ2n) is 8.21. The van der Waals surface area contributed by atoms with Crippen molar-refractivity contribution in [3.8, 4) is 33.5 Å². The zero-order chi connectivity index (χ0) is 22.9. The number of ether oxygens (including phenoxy) is 3. The third kappa shape index (κ3) is 4.47. The van der Waals surface area contributed by atoms with E-state index in [9.17, 15) is 0 Å². The highest BCUT2D eigenvalue weighted by molar-refractivity contribution is 7.98. The summed E-state index contributed by atoms with van der Waals surface area (Å²) in [5, 5.41) is 15.3. The molecule has 176 valence electrons. The Morgan fingerprint density at radius 2 is 2.03 bits per heavy atom. The Bertz CT molecular complexity index is 1290. The zero-order valence-corrected chi connectivity index (χ0v) is 21.2. The summed E-state index contributed by atoms with van der Waals surface area (Å²) in [5.41, 5.74) is 3.20. The smallest absolute Gasteiger partial charge is 0.231 e. The Labute approximate surface area is 210 Å². The van der Waals surface area contributed by atoms with E-state index in [1.165, 1.54) is 4.88 Å². The molecule has 2 aliphatic heterocycles. The van der Waals surface area contributed by atoms with Crippen LogP contribution in [0, 0.1) is 0 Å². The van der Waals surface area contributed by atoms with Gasteiger partial charge in [0.05, 0.1) is 18.3 Å². The highest BCUT2D eigenvalue weighted by Gasteiger charge is 2.23. The topological polar surface area (TPSA) is 71.3 Å². The molecular formula is C24H24N4O3S3. The molecule has 0 N–H and O–H groups in total. The van der Waals surface area contributed by atoms with Gasteiger partial charge < -0.3 is 14.2 Å². The number of nitrogens with zero attached hydrogens (tertiary/aromatic N) is 4. The summed E-state index contributed by atoms with van der Waals surface area (Å²) in [4.78, 5) is 6.21. The fourth-order valence-corrected chi connectivity index (χ4v) is 6.70. The van der Waals surface area contributed by atoms with Gasteiger partial charge >= 0.3 is 0 Å². The van der Waals surface area contributed by atoms with Gasteiger partial charge in [-0.05, 0) is 43.5 Å². The third-order valence-electron chi connectivity index (χ3n) is 5.91. The van der Waals surface area contributed by atoms with Gasteiger partial charge in [0.2, 0.25) is 6.79 Å². The number of rotatable bonds is 8. The van der Waals surface area contributed by atoms with Crippen molar-refractivity contribution in [2.45, 2.75) is 49.7 Å². The van der Waals surface area contributed by atoms with Crippen LogP contribution in [0.1, 0.15) is 30.3 Å². The molecule has 0 aliphatic carbocycles. The van der Waals surface area contributed by atoms with Crippen molar-refractivity contribution in [3.63, 3.8) is 0 Å². The minimum absolute atomic E-state index is 0.218. The fourth-order valence-electron chi connectivity index (χ4n) is 4.12. The van der Waals surface area contributed by atoms with Gasteiger partial charge in [-0.3, -0.25) is 4.57 Å². The normalized spacial score (nSPS) is 17.0. The molecule has 3 aromatic heterocycles. The number of hydrogen-bond donors (Lipinski definition) is 0. The lowest BCUT2D eigenvalue weighted by Crippen LogP contribution is -2.16. The number of benzene rings is 1. The second-order valence-corrected chi connectivity index (χ2v) is 11.0. The molecule has 0 bridgehead atoms. The summed E-state index contributed by atoms with van der Waals surface area (Å²) >= 11 is 5.09. The predicted octanol–water partition coefficient (Wildman–Crippen LogP) is 5.89. The number of thiazole rings is 1. The van der Waals surface area contributed by atoms with Crippen LogP contribution in [0.15, 0.2) is 40.2 Å². The maximum absolute atomic E-state index is 5.93. The summed E-state index contributed by atoms with van der Waals surface area (Å²) in [5.74, 6) is 3.22. The number of hydrogen-bond acceptors (Lipinski definition) is 9. The van der Waals surface area contributed by atoms with Crippen LogP contribution in [0.5, 0.6) is 11.5 Å². The average molecular weight is 513 g/mol. The Morgan fingerprint density at radius 1 is 1.09 bits per heavy atom. The van der Waals surface area contributed by atoms with Crippen molar-refractivity contribution in [2.24, 2.45) is 0 Å². The van der Waals surface area contributed by atoms with E-state index in [-0.39, 0.29) is 12.9 Å². The van der Waals surface area contributed by atoms with Crippen molar-refractivity contribution < 1.29 is 14.2 Å². The first-order valence-electron chi connectivity index (χ1n) is 11.4. The molecule has 2 aliphatic rings. The molecule has 1 aromatic carbocycles. The summed E-state index contributed by atoms with van der Waals surface area (Å²) in [6.07, 6.45) is 3.44. The quantitative estimate of drug-likeness (QED) is 0.273. The lowest BCUT2D eigenvalue weighted by Gasteiger charge is -2.14. The SMILES string of the molecule is CCc1cc(-c2nnc(SCc3csc(-c4ccc5c(c4)OCO5)n3)n2CC2CCCO2)cs1. The first kappa shape index (κ1) is 22.1. The van der Waals surface area contributed by atoms with Crippen LogP contribution in [-0.4, -0.2) is 39.3 Å². The number of thiophene rings is 1. The maximum atomic E-state index is 5.93. The van der Waals surface area contributed by atoms with Gasteiger partial charge in [0.1, 0.15) is 5.01 Å². The van der Waals surface area contributed by atoms with Crippen LogP contribution >= 0.6 is 34.4 Å². The highest BCUT2D eigenvalue weighted by Crippen LogP contribution is 2.37. The number of thioether (sulfide) groups is 1. The first-order chi connectivity index (χ1) is 16.8. The molecule has 0 radical (unpaired) electrons. The van der Waals surface area contributed by atoms with Crippen molar-refractivity contribution in [3.05, 3.63) is 45.6 Å². The van der Waals surface area contributed by atoms with Crippen LogP contribution < -0.4 is 9.47 Å². The van der Waals surface area contributed by atoms with Gasteiger partial charge in [0.15, 0.2) is 22.5 Å².